The summed E-state index contributed by atoms with van der Waals surface area (Å²) in [4.78, 5) is 16.3. The third kappa shape index (κ3) is 5.00. The molecule has 0 bridgehead atoms. The zero-order chi connectivity index (χ0) is 14.8. The largest absolute Gasteiger partial charge is 0.383 e. The summed E-state index contributed by atoms with van der Waals surface area (Å²) in [6.07, 6.45) is 5.00. The van der Waals surface area contributed by atoms with Crippen LogP contribution in [0, 0.1) is 11.8 Å². The molecule has 0 aliphatic carbocycles. The first-order valence-electron chi connectivity index (χ1n) is 6.65. The SMILES string of the molecule is CCCC(COC)NC(=O)c1ccncc1C#CCN. The molecule has 20 heavy (non-hydrogen) atoms. The van der Waals surface area contributed by atoms with Crippen molar-refractivity contribution < 1.29 is 9.53 Å². The van der Waals surface area contributed by atoms with E-state index in [1.807, 2.05) is 0 Å². The number of ether oxygens (including phenoxy) is 1. The maximum absolute atomic E-state index is 12.3. The predicted molar refractivity (Wildman–Crippen MR) is 78.2 cm³/mol. The fraction of sp³-hybridized carbons (Fsp3) is 0.467. The van der Waals surface area contributed by atoms with Crippen molar-refractivity contribution in [2.24, 2.45) is 5.73 Å². The molecule has 108 valence electrons. The Bertz CT molecular complexity index is 485. The van der Waals surface area contributed by atoms with Crippen LogP contribution in [-0.2, 0) is 4.74 Å². The minimum Gasteiger partial charge on any atom is -0.383 e. The van der Waals surface area contributed by atoms with Gasteiger partial charge in [-0.05, 0) is 12.5 Å². The lowest BCUT2D eigenvalue weighted by Gasteiger charge is -2.17. The lowest BCUT2D eigenvalue weighted by molar-refractivity contribution is 0.0891. The molecule has 1 heterocycles. The molecule has 1 unspecified atom stereocenters. The lowest BCUT2D eigenvalue weighted by atomic mass is 10.1. The topological polar surface area (TPSA) is 77.2 Å². The van der Waals surface area contributed by atoms with Crippen molar-refractivity contribution in [3.8, 4) is 11.8 Å². The zero-order valence-corrected chi connectivity index (χ0v) is 12.0. The van der Waals surface area contributed by atoms with Gasteiger partial charge in [0.1, 0.15) is 0 Å². The minimum absolute atomic E-state index is 0.000910. The molecule has 0 radical (unpaired) electrons. The Kier molecular flexibility index (Phi) is 7.33. The molecule has 1 aromatic heterocycles. The highest BCUT2D eigenvalue weighted by Crippen LogP contribution is 2.07. The van der Waals surface area contributed by atoms with Crippen molar-refractivity contribution in [2.75, 3.05) is 20.3 Å². The molecule has 1 atom stereocenters. The summed E-state index contributed by atoms with van der Waals surface area (Å²) >= 11 is 0. The Hall–Kier alpha value is -1.90. The number of hydrogen-bond acceptors (Lipinski definition) is 4. The highest BCUT2D eigenvalue weighted by atomic mass is 16.5. The van der Waals surface area contributed by atoms with Crippen LogP contribution in [0.4, 0.5) is 0 Å². The molecule has 1 rings (SSSR count). The summed E-state index contributed by atoms with van der Waals surface area (Å²) in [5.74, 6) is 5.44. The Balaban J connectivity index is 2.85. The van der Waals surface area contributed by atoms with Crippen LogP contribution in [0.25, 0.3) is 0 Å². The Morgan fingerprint density at radius 1 is 1.60 bits per heavy atom. The molecular formula is C15H21N3O2. The highest BCUT2D eigenvalue weighted by Gasteiger charge is 2.15. The van der Waals surface area contributed by atoms with Gasteiger partial charge in [0.05, 0.1) is 30.3 Å². The molecule has 0 aliphatic rings. The Labute approximate surface area is 119 Å². The molecule has 5 heteroatoms. The first kappa shape index (κ1) is 16.2. The van der Waals surface area contributed by atoms with E-state index in [0.717, 1.165) is 12.8 Å². The van der Waals surface area contributed by atoms with E-state index in [9.17, 15) is 4.79 Å². The van der Waals surface area contributed by atoms with Crippen molar-refractivity contribution in [3.05, 3.63) is 29.6 Å². The fourth-order valence-corrected chi connectivity index (χ4v) is 1.85. The number of nitrogens with two attached hydrogens (primary N) is 1. The van der Waals surface area contributed by atoms with E-state index in [0.29, 0.717) is 17.7 Å². The predicted octanol–water partition coefficient (Wildman–Crippen LogP) is 0.937. The van der Waals surface area contributed by atoms with Crippen molar-refractivity contribution >= 4 is 5.91 Å². The number of methoxy groups -OCH3 is 1. The summed E-state index contributed by atoms with van der Waals surface area (Å²) in [6, 6.07) is 1.66. The number of rotatable bonds is 6. The van der Waals surface area contributed by atoms with Crippen LogP contribution in [0.1, 0.15) is 35.7 Å². The van der Waals surface area contributed by atoms with Gasteiger partial charge >= 0.3 is 0 Å². The van der Waals surface area contributed by atoms with E-state index in [1.165, 1.54) is 0 Å². The quantitative estimate of drug-likeness (QED) is 0.757. The normalized spacial score (nSPS) is 11.3. The van der Waals surface area contributed by atoms with E-state index < -0.39 is 0 Å². The average molecular weight is 275 g/mol. The molecule has 0 aromatic carbocycles. The van der Waals surface area contributed by atoms with Crippen molar-refractivity contribution in [1.82, 2.24) is 10.3 Å². The number of hydrogen-bond donors (Lipinski definition) is 2. The average Bonchev–Trinajstić information content (AvgIpc) is 2.46. The zero-order valence-electron chi connectivity index (χ0n) is 12.0. The van der Waals surface area contributed by atoms with Gasteiger partial charge in [0.25, 0.3) is 5.91 Å². The number of carbonyl (C=O) groups is 1. The van der Waals surface area contributed by atoms with Gasteiger partial charge in [-0.1, -0.05) is 25.2 Å². The van der Waals surface area contributed by atoms with E-state index in [1.54, 1.807) is 25.6 Å². The molecule has 0 aliphatic heterocycles. The third-order valence-corrected chi connectivity index (χ3v) is 2.73. The Morgan fingerprint density at radius 2 is 2.40 bits per heavy atom. The first-order chi connectivity index (χ1) is 9.72. The van der Waals surface area contributed by atoms with Gasteiger partial charge in [-0.2, -0.15) is 0 Å². The van der Waals surface area contributed by atoms with Crippen LogP contribution >= 0.6 is 0 Å². The van der Waals surface area contributed by atoms with E-state index in [-0.39, 0.29) is 18.5 Å². The second kappa shape index (κ2) is 9.08. The number of nitrogens with one attached hydrogen (secondary N) is 1. The molecule has 1 amide bonds. The number of carbonyl (C=O) groups excluding carboxylic acids is 1. The smallest absolute Gasteiger partial charge is 0.252 e. The van der Waals surface area contributed by atoms with Gasteiger partial charge in [0.2, 0.25) is 0 Å². The van der Waals surface area contributed by atoms with Gasteiger partial charge in [-0.3, -0.25) is 9.78 Å². The maximum atomic E-state index is 12.3. The Morgan fingerprint density at radius 3 is 3.05 bits per heavy atom. The number of pyridine rings is 1. The summed E-state index contributed by atoms with van der Waals surface area (Å²) in [5.41, 5.74) is 6.45. The molecule has 0 fully saturated rings. The molecule has 0 saturated heterocycles. The lowest BCUT2D eigenvalue weighted by Crippen LogP contribution is -2.38. The van der Waals surface area contributed by atoms with Gasteiger partial charge in [0.15, 0.2) is 0 Å². The summed E-state index contributed by atoms with van der Waals surface area (Å²) in [6.45, 7) is 2.81. The molecule has 1 aromatic rings. The highest BCUT2D eigenvalue weighted by molar-refractivity contribution is 5.96. The molecule has 3 N–H and O–H groups in total. The second-order valence-corrected chi connectivity index (χ2v) is 4.34. The summed E-state index contributed by atoms with van der Waals surface area (Å²) < 4.78 is 5.12. The van der Waals surface area contributed by atoms with E-state index in [2.05, 4.69) is 29.1 Å². The van der Waals surface area contributed by atoms with Crippen molar-refractivity contribution in [3.63, 3.8) is 0 Å². The first-order valence-corrected chi connectivity index (χ1v) is 6.65. The summed E-state index contributed by atoms with van der Waals surface area (Å²) in [7, 11) is 1.62. The summed E-state index contributed by atoms with van der Waals surface area (Å²) in [5, 5.41) is 2.96. The maximum Gasteiger partial charge on any atom is 0.252 e. The van der Waals surface area contributed by atoms with Gasteiger partial charge < -0.3 is 15.8 Å². The number of amides is 1. The van der Waals surface area contributed by atoms with Crippen LogP contribution in [0.15, 0.2) is 18.5 Å². The molecule has 5 nitrogen and oxygen atoms in total. The van der Waals surface area contributed by atoms with E-state index in [4.69, 9.17) is 10.5 Å². The van der Waals surface area contributed by atoms with Crippen LogP contribution in [-0.4, -0.2) is 37.2 Å². The van der Waals surface area contributed by atoms with Crippen LogP contribution in [0.2, 0.25) is 0 Å². The molecular weight excluding hydrogens is 254 g/mol. The second-order valence-electron chi connectivity index (χ2n) is 4.34. The fourth-order valence-electron chi connectivity index (χ4n) is 1.85. The van der Waals surface area contributed by atoms with Gasteiger partial charge in [-0.25, -0.2) is 0 Å². The van der Waals surface area contributed by atoms with Crippen LogP contribution in [0.5, 0.6) is 0 Å². The molecule has 0 spiro atoms. The van der Waals surface area contributed by atoms with E-state index >= 15 is 0 Å². The van der Waals surface area contributed by atoms with Crippen LogP contribution < -0.4 is 11.1 Å². The number of nitrogens with zero attached hydrogens (tertiary/aromatic N) is 1. The molecule has 0 saturated carbocycles. The third-order valence-electron chi connectivity index (χ3n) is 2.73. The van der Waals surface area contributed by atoms with Crippen LogP contribution in [0.3, 0.4) is 0 Å². The van der Waals surface area contributed by atoms with Gasteiger partial charge in [-0.15, -0.1) is 0 Å². The van der Waals surface area contributed by atoms with Crippen molar-refractivity contribution in [1.29, 1.82) is 0 Å². The van der Waals surface area contributed by atoms with Gasteiger partial charge in [0, 0.05) is 19.5 Å². The monoisotopic (exact) mass is 275 g/mol. The number of aromatic nitrogens is 1. The minimum atomic E-state index is -0.163. The standard InChI is InChI=1S/C15H21N3O2/c1-3-5-13(11-20-2)18-15(19)14-7-9-17-10-12(14)6-4-8-16/h7,9-10,13H,3,5,8,11,16H2,1-2H3,(H,18,19). The van der Waals surface area contributed by atoms with Crippen molar-refractivity contribution in [2.45, 2.75) is 25.8 Å².